The summed E-state index contributed by atoms with van der Waals surface area (Å²) in [7, 11) is -3.43. The van der Waals surface area contributed by atoms with Crippen molar-refractivity contribution in [1.82, 2.24) is 4.72 Å². The molecule has 0 radical (unpaired) electrons. The van der Waals surface area contributed by atoms with Crippen LogP contribution in [-0.2, 0) is 10.0 Å². The molecule has 4 bridgehead atoms. The van der Waals surface area contributed by atoms with Crippen LogP contribution in [0, 0.1) is 44.4 Å². The number of aryl methyl sites for hydroxylation is 3. The first kappa shape index (κ1) is 15.6. The van der Waals surface area contributed by atoms with Gasteiger partial charge in [-0.25, -0.2) is 13.1 Å². The molecule has 0 amide bonds. The van der Waals surface area contributed by atoms with Crippen LogP contribution in [0.5, 0.6) is 0 Å². The van der Waals surface area contributed by atoms with E-state index >= 15 is 0 Å². The van der Waals surface area contributed by atoms with Gasteiger partial charge in [0.2, 0.25) is 10.0 Å². The van der Waals surface area contributed by atoms with E-state index in [1.54, 1.807) is 0 Å². The van der Waals surface area contributed by atoms with Crippen molar-refractivity contribution in [3.05, 3.63) is 28.8 Å². The van der Waals surface area contributed by atoms with Crippen molar-refractivity contribution in [1.29, 1.82) is 0 Å². The molecule has 0 aromatic heterocycles. The molecule has 1 aromatic rings. The summed E-state index contributed by atoms with van der Waals surface area (Å²) in [5.41, 5.74) is 2.84. The van der Waals surface area contributed by atoms with E-state index in [-0.39, 0.29) is 6.04 Å². The monoisotopic (exact) mass is 333 g/mol. The second kappa shape index (κ2) is 5.32. The fourth-order valence-corrected chi connectivity index (χ4v) is 7.77. The maximum Gasteiger partial charge on any atom is 0.241 e. The summed E-state index contributed by atoms with van der Waals surface area (Å²) in [5.74, 6) is 2.85. The van der Waals surface area contributed by atoms with Crippen LogP contribution >= 0.6 is 0 Å². The molecule has 0 aliphatic heterocycles. The van der Waals surface area contributed by atoms with Gasteiger partial charge < -0.3 is 0 Å². The van der Waals surface area contributed by atoms with E-state index in [0.29, 0.717) is 16.7 Å². The Morgan fingerprint density at radius 2 is 1.35 bits per heavy atom. The van der Waals surface area contributed by atoms with Crippen molar-refractivity contribution in [3.63, 3.8) is 0 Å². The Morgan fingerprint density at radius 1 is 0.870 bits per heavy atom. The van der Waals surface area contributed by atoms with Crippen LogP contribution in [0.25, 0.3) is 0 Å². The molecule has 0 saturated heterocycles. The molecule has 3 nitrogen and oxygen atoms in total. The van der Waals surface area contributed by atoms with E-state index in [0.717, 1.165) is 28.5 Å². The Balaban J connectivity index is 1.64. The van der Waals surface area contributed by atoms with Crippen LogP contribution in [0.4, 0.5) is 0 Å². The number of rotatable bonds is 3. The number of hydrogen-bond acceptors (Lipinski definition) is 2. The molecule has 1 aromatic carbocycles. The highest BCUT2D eigenvalue weighted by atomic mass is 32.2. The minimum atomic E-state index is -3.43. The maximum absolute atomic E-state index is 13.1. The predicted molar refractivity (Wildman–Crippen MR) is 91.8 cm³/mol. The second-order valence-electron chi connectivity index (χ2n) is 8.31. The zero-order valence-corrected chi connectivity index (χ0v) is 15.1. The molecular weight excluding hydrogens is 306 g/mol. The average Bonchev–Trinajstić information content (AvgIpc) is 2.40. The molecule has 1 N–H and O–H groups in total. The minimum Gasteiger partial charge on any atom is -0.207 e. The molecule has 0 spiro atoms. The van der Waals surface area contributed by atoms with Crippen LogP contribution in [0.1, 0.15) is 48.8 Å². The summed E-state index contributed by atoms with van der Waals surface area (Å²) < 4.78 is 29.3. The van der Waals surface area contributed by atoms with Crippen LogP contribution in [0.15, 0.2) is 17.0 Å². The quantitative estimate of drug-likeness (QED) is 0.916. The second-order valence-corrected chi connectivity index (χ2v) is 9.96. The van der Waals surface area contributed by atoms with E-state index < -0.39 is 10.0 Å². The Labute approximate surface area is 139 Å². The molecule has 4 fully saturated rings. The highest BCUT2D eigenvalue weighted by Crippen LogP contribution is 2.54. The molecule has 0 unspecified atom stereocenters. The van der Waals surface area contributed by atoms with Gasteiger partial charge in [0, 0.05) is 6.04 Å². The maximum atomic E-state index is 13.1. The summed E-state index contributed by atoms with van der Waals surface area (Å²) in [6, 6.07) is 4.10. The van der Waals surface area contributed by atoms with Gasteiger partial charge in [-0.05, 0) is 87.7 Å². The molecule has 23 heavy (non-hydrogen) atoms. The Kier molecular flexibility index (Phi) is 3.62. The number of benzene rings is 1. The van der Waals surface area contributed by atoms with Crippen molar-refractivity contribution in [2.75, 3.05) is 0 Å². The van der Waals surface area contributed by atoms with Gasteiger partial charge in [-0.1, -0.05) is 17.7 Å². The van der Waals surface area contributed by atoms with Gasteiger partial charge in [0.1, 0.15) is 0 Å². The van der Waals surface area contributed by atoms with Crippen molar-refractivity contribution in [2.24, 2.45) is 23.7 Å². The smallest absolute Gasteiger partial charge is 0.207 e. The molecule has 0 heterocycles. The van der Waals surface area contributed by atoms with Gasteiger partial charge in [-0.15, -0.1) is 0 Å². The van der Waals surface area contributed by atoms with Crippen LogP contribution in [0.3, 0.4) is 0 Å². The third-order valence-electron chi connectivity index (χ3n) is 6.39. The van der Waals surface area contributed by atoms with Gasteiger partial charge in [0.25, 0.3) is 0 Å². The first-order chi connectivity index (χ1) is 10.8. The molecule has 4 saturated carbocycles. The normalized spacial score (nSPS) is 35.7. The lowest BCUT2D eigenvalue weighted by Gasteiger charge is -2.54. The van der Waals surface area contributed by atoms with E-state index in [9.17, 15) is 8.42 Å². The lowest BCUT2D eigenvalue weighted by atomic mass is 9.54. The number of nitrogens with one attached hydrogen (secondary N) is 1. The van der Waals surface area contributed by atoms with E-state index in [4.69, 9.17) is 0 Å². The van der Waals surface area contributed by atoms with Gasteiger partial charge in [0.15, 0.2) is 0 Å². The summed E-state index contributed by atoms with van der Waals surface area (Å²) in [6.45, 7) is 5.83. The minimum absolute atomic E-state index is 0.160. The zero-order chi connectivity index (χ0) is 16.4. The summed E-state index contributed by atoms with van der Waals surface area (Å²) >= 11 is 0. The average molecular weight is 333 g/mol. The summed E-state index contributed by atoms with van der Waals surface area (Å²) in [4.78, 5) is 0.497. The van der Waals surface area contributed by atoms with Crippen molar-refractivity contribution < 1.29 is 8.42 Å². The van der Waals surface area contributed by atoms with Crippen LogP contribution < -0.4 is 4.72 Å². The number of sulfonamides is 1. The summed E-state index contributed by atoms with van der Waals surface area (Å²) in [6.07, 6.45) is 6.30. The van der Waals surface area contributed by atoms with E-state index in [1.165, 1.54) is 32.1 Å². The van der Waals surface area contributed by atoms with Crippen LogP contribution in [0.2, 0.25) is 0 Å². The highest BCUT2D eigenvalue weighted by molar-refractivity contribution is 7.89. The molecular formula is C19H27NO2S. The first-order valence-electron chi connectivity index (χ1n) is 8.93. The largest absolute Gasteiger partial charge is 0.241 e. The Bertz CT molecular complexity index is 687. The van der Waals surface area contributed by atoms with Gasteiger partial charge in [0.05, 0.1) is 4.90 Å². The Hall–Kier alpha value is -0.870. The molecule has 4 aliphatic carbocycles. The van der Waals surface area contributed by atoms with Crippen molar-refractivity contribution >= 4 is 10.0 Å². The van der Waals surface area contributed by atoms with Gasteiger partial charge >= 0.3 is 0 Å². The summed E-state index contributed by atoms with van der Waals surface area (Å²) in [5, 5.41) is 0. The van der Waals surface area contributed by atoms with E-state index in [2.05, 4.69) is 4.72 Å². The molecule has 4 heteroatoms. The Morgan fingerprint density at radius 3 is 1.83 bits per heavy atom. The van der Waals surface area contributed by atoms with E-state index in [1.807, 2.05) is 32.9 Å². The lowest BCUT2D eigenvalue weighted by Crippen LogP contribution is -2.55. The highest BCUT2D eigenvalue weighted by Gasteiger charge is 2.49. The van der Waals surface area contributed by atoms with Gasteiger partial charge in [-0.3, -0.25) is 0 Å². The molecule has 0 atom stereocenters. The SMILES string of the molecule is Cc1cc(C)c(S(=O)(=O)NC2C3CC4CC(C3)CC2C4)c(C)c1. The fraction of sp³-hybridized carbons (Fsp3) is 0.684. The molecule has 126 valence electrons. The molecule has 5 rings (SSSR count). The molecule has 4 aliphatic rings. The third kappa shape index (κ3) is 2.64. The fourth-order valence-electron chi connectivity index (χ4n) is 5.95. The predicted octanol–water partition coefficient (Wildman–Crippen LogP) is 3.71. The van der Waals surface area contributed by atoms with Gasteiger partial charge in [-0.2, -0.15) is 0 Å². The third-order valence-corrected chi connectivity index (χ3v) is 8.16. The topological polar surface area (TPSA) is 46.2 Å². The first-order valence-corrected chi connectivity index (χ1v) is 10.4. The van der Waals surface area contributed by atoms with Crippen molar-refractivity contribution in [2.45, 2.75) is 63.8 Å². The van der Waals surface area contributed by atoms with Crippen LogP contribution in [-0.4, -0.2) is 14.5 Å². The lowest BCUT2D eigenvalue weighted by molar-refractivity contribution is -0.00558. The number of hydrogen-bond donors (Lipinski definition) is 1. The van der Waals surface area contributed by atoms with Crippen molar-refractivity contribution in [3.8, 4) is 0 Å². The zero-order valence-electron chi connectivity index (χ0n) is 14.3. The standard InChI is InChI=1S/C19H27NO2S/c1-11-4-12(2)19(13(3)5-11)23(21,22)20-18-16-7-14-6-15(9-16)10-17(18)8-14/h4-5,14-18,20H,6-10H2,1-3H3.